The molecule has 110 valence electrons. The van der Waals surface area contributed by atoms with Crippen LogP contribution in [0.5, 0.6) is 0 Å². The number of hydrogen-bond donors (Lipinski definition) is 3. The van der Waals surface area contributed by atoms with Gasteiger partial charge in [0, 0.05) is 0 Å². The molecule has 0 aliphatic carbocycles. The predicted molar refractivity (Wildman–Crippen MR) is 75.5 cm³/mol. The monoisotopic (exact) mass is 279 g/mol. The minimum Gasteiger partial charge on any atom is -0.481 e. The van der Waals surface area contributed by atoms with Crippen LogP contribution in [-0.2, 0) is 22.4 Å². The molecule has 0 aliphatic rings. The van der Waals surface area contributed by atoms with Crippen LogP contribution in [0.1, 0.15) is 30.9 Å². The molecular formula is C15H21NO4. The fourth-order valence-electron chi connectivity index (χ4n) is 2.01. The Bertz CT molecular complexity index is 455. The summed E-state index contributed by atoms with van der Waals surface area (Å²) in [7, 11) is 0. The van der Waals surface area contributed by atoms with Gasteiger partial charge in [-0.3, -0.25) is 9.59 Å². The number of aliphatic carboxylic acids is 2. The van der Waals surface area contributed by atoms with Gasteiger partial charge in [0.1, 0.15) is 6.04 Å². The van der Waals surface area contributed by atoms with E-state index in [1.807, 2.05) is 24.3 Å². The minimum absolute atomic E-state index is 0.166. The highest BCUT2D eigenvalue weighted by Crippen LogP contribution is 2.16. The van der Waals surface area contributed by atoms with Crippen molar-refractivity contribution in [2.75, 3.05) is 0 Å². The maximum atomic E-state index is 11.2. The molecule has 0 heterocycles. The van der Waals surface area contributed by atoms with E-state index in [9.17, 15) is 14.7 Å². The highest BCUT2D eigenvalue weighted by molar-refractivity contribution is 5.73. The quantitative estimate of drug-likeness (QED) is 0.672. The number of nitrogens with two attached hydrogens (primary N) is 1. The molecule has 1 rings (SSSR count). The topological polar surface area (TPSA) is 101 Å². The van der Waals surface area contributed by atoms with Gasteiger partial charge in [-0.15, -0.1) is 0 Å². The van der Waals surface area contributed by atoms with Crippen LogP contribution in [0, 0.1) is 5.92 Å². The molecule has 0 fully saturated rings. The molecule has 2 unspecified atom stereocenters. The van der Waals surface area contributed by atoms with Gasteiger partial charge in [-0.05, 0) is 36.8 Å². The standard InChI is InChI=1S/C15H21NO4/c1-2-10-3-5-11(6-4-10)9-12(14(17)18)7-8-13(16)15(19)20/h3-6,12-13H,2,7-9,16H2,1H3,(H,17,18)(H,19,20). The summed E-state index contributed by atoms with van der Waals surface area (Å²) in [6.07, 6.45) is 1.76. The fourth-order valence-corrected chi connectivity index (χ4v) is 2.01. The first-order valence-corrected chi connectivity index (χ1v) is 6.73. The number of carboxylic acid groups (broad SMARTS) is 2. The van der Waals surface area contributed by atoms with Gasteiger partial charge in [0.05, 0.1) is 5.92 Å². The van der Waals surface area contributed by atoms with E-state index < -0.39 is 23.9 Å². The number of rotatable bonds is 8. The van der Waals surface area contributed by atoms with Gasteiger partial charge in [-0.25, -0.2) is 0 Å². The predicted octanol–water partition coefficient (Wildman–Crippen LogP) is 1.68. The molecule has 0 aliphatic heterocycles. The molecule has 1 aromatic rings. The lowest BCUT2D eigenvalue weighted by atomic mass is 9.92. The molecule has 0 spiro atoms. The fraction of sp³-hybridized carbons (Fsp3) is 0.467. The average Bonchev–Trinajstić information content (AvgIpc) is 2.43. The van der Waals surface area contributed by atoms with Gasteiger partial charge in [0.2, 0.25) is 0 Å². The van der Waals surface area contributed by atoms with Crippen molar-refractivity contribution in [2.24, 2.45) is 11.7 Å². The van der Waals surface area contributed by atoms with Gasteiger partial charge >= 0.3 is 11.9 Å². The van der Waals surface area contributed by atoms with Crippen LogP contribution in [0.3, 0.4) is 0 Å². The molecular weight excluding hydrogens is 258 g/mol. The summed E-state index contributed by atoms with van der Waals surface area (Å²) in [5.74, 6) is -2.61. The van der Waals surface area contributed by atoms with E-state index in [4.69, 9.17) is 10.8 Å². The van der Waals surface area contributed by atoms with Crippen LogP contribution in [0.25, 0.3) is 0 Å². The Hall–Kier alpha value is -1.88. The van der Waals surface area contributed by atoms with Gasteiger partial charge in [0.25, 0.3) is 0 Å². The molecule has 4 N–H and O–H groups in total. The molecule has 0 saturated carbocycles. The molecule has 0 radical (unpaired) electrons. The summed E-state index contributed by atoms with van der Waals surface area (Å²) in [5, 5.41) is 17.9. The molecule has 0 aromatic heterocycles. The average molecular weight is 279 g/mol. The molecule has 20 heavy (non-hydrogen) atoms. The number of carbonyl (C=O) groups is 2. The van der Waals surface area contributed by atoms with Crippen LogP contribution < -0.4 is 5.73 Å². The maximum Gasteiger partial charge on any atom is 0.320 e. The molecule has 5 heteroatoms. The smallest absolute Gasteiger partial charge is 0.320 e. The van der Waals surface area contributed by atoms with Gasteiger partial charge in [-0.1, -0.05) is 31.2 Å². The molecule has 1 aromatic carbocycles. The van der Waals surface area contributed by atoms with E-state index in [0.717, 1.165) is 12.0 Å². The SMILES string of the molecule is CCc1ccc(CC(CCC(N)C(=O)O)C(=O)O)cc1. The summed E-state index contributed by atoms with van der Waals surface area (Å²) in [5.41, 5.74) is 7.55. The van der Waals surface area contributed by atoms with Crippen molar-refractivity contribution in [1.29, 1.82) is 0 Å². The highest BCUT2D eigenvalue weighted by atomic mass is 16.4. The number of hydrogen-bond acceptors (Lipinski definition) is 3. The summed E-state index contributed by atoms with van der Waals surface area (Å²) >= 11 is 0. The summed E-state index contributed by atoms with van der Waals surface area (Å²) < 4.78 is 0. The number of benzene rings is 1. The largest absolute Gasteiger partial charge is 0.481 e. The van der Waals surface area contributed by atoms with Crippen molar-refractivity contribution in [3.8, 4) is 0 Å². The van der Waals surface area contributed by atoms with E-state index in [1.54, 1.807) is 0 Å². The van der Waals surface area contributed by atoms with Crippen LogP contribution in [-0.4, -0.2) is 28.2 Å². The first-order chi connectivity index (χ1) is 9.43. The third kappa shape index (κ3) is 5.01. The van der Waals surface area contributed by atoms with Gasteiger partial charge in [-0.2, -0.15) is 0 Å². The van der Waals surface area contributed by atoms with E-state index in [-0.39, 0.29) is 12.8 Å². The number of carboxylic acids is 2. The Balaban J connectivity index is 2.62. The zero-order valence-corrected chi connectivity index (χ0v) is 11.6. The van der Waals surface area contributed by atoms with E-state index >= 15 is 0 Å². The third-order valence-corrected chi connectivity index (χ3v) is 3.41. The Morgan fingerprint density at radius 2 is 1.60 bits per heavy atom. The van der Waals surface area contributed by atoms with Crippen LogP contribution >= 0.6 is 0 Å². The zero-order valence-electron chi connectivity index (χ0n) is 11.6. The second kappa shape index (κ2) is 7.65. The summed E-state index contributed by atoms with van der Waals surface area (Å²) in [6, 6.07) is 6.81. The first kappa shape index (κ1) is 16.2. The minimum atomic E-state index is -1.10. The van der Waals surface area contributed by atoms with Crippen molar-refractivity contribution >= 4 is 11.9 Å². The molecule has 0 bridgehead atoms. The summed E-state index contributed by atoms with van der Waals surface area (Å²) in [6.45, 7) is 2.06. The van der Waals surface area contributed by atoms with Crippen molar-refractivity contribution in [3.63, 3.8) is 0 Å². The first-order valence-electron chi connectivity index (χ1n) is 6.73. The molecule has 0 saturated heterocycles. The van der Waals surface area contributed by atoms with E-state index in [1.165, 1.54) is 5.56 Å². The summed E-state index contributed by atoms with van der Waals surface area (Å²) in [4.78, 5) is 21.9. The second-order valence-corrected chi connectivity index (χ2v) is 4.93. The zero-order chi connectivity index (χ0) is 15.1. The lowest BCUT2D eigenvalue weighted by molar-refractivity contribution is -0.143. The Morgan fingerprint density at radius 1 is 1.05 bits per heavy atom. The molecule has 0 amide bonds. The lowest BCUT2D eigenvalue weighted by Crippen LogP contribution is -2.31. The van der Waals surface area contributed by atoms with Crippen LogP contribution in [0.2, 0.25) is 0 Å². The number of aryl methyl sites for hydroxylation is 1. The normalized spacial score (nSPS) is 13.7. The third-order valence-electron chi connectivity index (χ3n) is 3.41. The van der Waals surface area contributed by atoms with Crippen molar-refractivity contribution in [3.05, 3.63) is 35.4 Å². The second-order valence-electron chi connectivity index (χ2n) is 4.93. The van der Waals surface area contributed by atoms with Crippen molar-refractivity contribution in [2.45, 2.75) is 38.6 Å². The van der Waals surface area contributed by atoms with Crippen molar-refractivity contribution in [1.82, 2.24) is 0 Å². The Labute approximate surface area is 118 Å². The van der Waals surface area contributed by atoms with E-state index in [2.05, 4.69) is 6.92 Å². The van der Waals surface area contributed by atoms with Gasteiger partial charge < -0.3 is 15.9 Å². The van der Waals surface area contributed by atoms with E-state index in [0.29, 0.717) is 6.42 Å². The Morgan fingerprint density at radius 3 is 2.05 bits per heavy atom. The van der Waals surface area contributed by atoms with Gasteiger partial charge in [0.15, 0.2) is 0 Å². The molecule has 2 atom stereocenters. The van der Waals surface area contributed by atoms with Crippen LogP contribution in [0.15, 0.2) is 24.3 Å². The lowest BCUT2D eigenvalue weighted by Gasteiger charge is -2.14. The molecule has 5 nitrogen and oxygen atoms in total. The highest BCUT2D eigenvalue weighted by Gasteiger charge is 2.21. The van der Waals surface area contributed by atoms with Crippen LogP contribution in [0.4, 0.5) is 0 Å². The van der Waals surface area contributed by atoms with Crippen molar-refractivity contribution < 1.29 is 19.8 Å². The Kier molecular flexibility index (Phi) is 6.18. The maximum absolute atomic E-state index is 11.2.